The minimum Gasteiger partial charge on any atom is -0.466 e. The summed E-state index contributed by atoms with van der Waals surface area (Å²) in [6.07, 6.45) is -0.965. The standard InChI is InChI=1S/C14H26N2O5/c1-5-21-11(18)7-9(4)12(13(15)19)16-14(20)10(17)6-8(2)3/h8-10,12,17H,5-7H2,1-4H3,(H2,15,19)(H,16,20)/t9-,10+,12-/m0/s1. The van der Waals surface area contributed by atoms with E-state index in [9.17, 15) is 19.5 Å². The highest BCUT2D eigenvalue weighted by atomic mass is 16.5. The van der Waals surface area contributed by atoms with Gasteiger partial charge in [0.25, 0.3) is 0 Å². The van der Waals surface area contributed by atoms with Gasteiger partial charge in [-0.25, -0.2) is 0 Å². The highest BCUT2D eigenvalue weighted by Gasteiger charge is 2.29. The van der Waals surface area contributed by atoms with Crippen LogP contribution in [0.2, 0.25) is 0 Å². The summed E-state index contributed by atoms with van der Waals surface area (Å²) < 4.78 is 4.79. The van der Waals surface area contributed by atoms with E-state index in [4.69, 9.17) is 10.5 Å². The number of nitrogens with one attached hydrogen (secondary N) is 1. The first kappa shape index (κ1) is 19.4. The van der Waals surface area contributed by atoms with Gasteiger partial charge >= 0.3 is 5.97 Å². The molecule has 21 heavy (non-hydrogen) atoms. The van der Waals surface area contributed by atoms with Crippen molar-refractivity contribution in [2.45, 2.75) is 52.7 Å². The largest absolute Gasteiger partial charge is 0.466 e. The average molecular weight is 302 g/mol. The Balaban J connectivity index is 4.65. The predicted molar refractivity (Wildman–Crippen MR) is 77.0 cm³/mol. The zero-order chi connectivity index (χ0) is 16.6. The smallest absolute Gasteiger partial charge is 0.306 e. The Kier molecular flexibility index (Phi) is 8.61. The maximum Gasteiger partial charge on any atom is 0.306 e. The number of hydrogen-bond acceptors (Lipinski definition) is 5. The average Bonchev–Trinajstić information content (AvgIpc) is 2.34. The van der Waals surface area contributed by atoms with Gasteiger partial charge in [0, 0.05) is 0 Å². The van der Waals surface area contributed by atoms with Crippen LogP contribution in [0.1, 0.15) is 40.5 Å². The van der Waals surface area contributed by atoms with Gasteiger partial charge in [-0.2, -0.15) is 0 Å². The lowest BCUT2D eigenvalue weighted by Crippen LogP contribution is -2.51. The van der Waals surface area contributed by atoms with E-state index < -0.39 is 35.8 Å². The van der Waals surface area contributed by atoms with E-state index in [1.54, 1.807) is 13.8 Å². The van der Waals surface area contributed by atoms with Crippen LogP contribution >= 0.6 is 0 Å². The number of esters is 1. The highest BCUT2D eigenvalue weighted by Crippen LogP contribution is 2.11. The zero-order valence-corrected chi connectivity index (χ0v) is 13.1. The summed E-state index contributed by atoms with van der Waals surface area (Å²) in [4.78, 5) is 34.7. The Labute approximate surface area is 125 Å². The normalized spacial score (nSPS) is 15.1. The lowest BCUT2D eigenvalue weighted by Gasteiger charge is -2.23. The molecule has 7 heteroatoms. The first-order valence-corrected chi connectivity index (χ1v) is 7.12. The van der Waals surface area contributed by atoms with Crippen molar-refractivity contribution in [2.75, 3.05) is 6.61 Å². The van der Waals surface area contributed by atoms with Gasteiger partial charge in [-0.3, -0.25) is 14.4 Å². The van der Waals surface area contributed by atoms with Crippen LogP contribution in [-0.2, 0) is 19.1 Å². The second kappa shape index (κ2) is 9.33. The van der Waals surface area contributed by atoms with Crippen LogP contribution in [0.5, 0.6) is 0 Å². The lowest BCUT2D eigenvalue weighted by atomic mass is 9.97. The van der Waals surface area contributed by atoms with Crippen molar-refractivity contribution in [3.63, 3.8) is 0 Å². The summed E-state index contributed by atoms with van der Waals surface area (Å²) in [6.45, 7) is 7.27. The third-order valence-corrected chi connectivity index (χ3v) is 2.96. The lowest BCUT2D eigenvalue weighted by molar-refractivity contribution is -0.145. The Morgan fingerprint density at radius 1 is 1.24 bits per heavy atom. The van der Waals surface area contributed by atoms with Gasteiger partial charge in [0.15, 0.2) is 0 Å². The molecule has 122 valence electrons. The van der Waals surface area contributed by atoms with Crippen LogP contribution in [0.4, 0.5) is 0 Å². The van der Waals surface area contributed by atoms with Crippen molar-refractivity contribution in [2.24, 2.45) is 17.6 Å². The van der Waals surface area contributed by atoms with E-state index in [1.807, 2.05) is 13.8 Å². The molecule has 0 rings (SSSR count). The number of aliphatic hydroxyl groups is 1. The van der Waals surface area contributed by atoms with Gasteiger partial charge < -0.3 is 20.9 Å². The molecule has 3 atom stereocenters. The molecule has 0 aromatic rings. The molecular weight excluding hydrogens is 276 g/mol. The number of aliphatic hydroxyl groups excluding tert-OH is 1. The minimum absolute atomic E-state index is 0.0397. The minimum atomic E-state index is -1.21. The summed E-state index contributed by atoms with van der Waals surface area (Å²) in [5, 5.41) is 12.1. The summed E-state index contributed by atoms with van der Waals surface area (Å²) >= 11 is 0. The maximum atomic E-state index is 11.8. The number of carbonyl (C=O) groups excluding carboxylic acids is 3. The van der Waals surface area contributed by atoms with Crippen LogP contribution in [-0.4, -0.2) is 41.6 Å². The molecule has 7 nitrogen and oxygen atoms in total. The third kappa shape index (κ3) is 7.65. The molecule has 0 aliphatic rings. The molecule has 0 bridgehead atoms. The molecule has 0 saturated carbocycles. The molecular formula is C14H26N2O5. The van der Waals surface area contributed by atoms with Gasteiger partial charge in [0.2, 0.25) is 11.8 Å². The van der Waals surface area contributed by atoms with Gasteiger partial charge in [-0.05, 0) is 25.2 Å². The van der Waals surface area contributed by atoms with E-state index in [1.165, 1.54) is 0 Å². The van der Waals surface area contributed by atoms with E-state index in [-0.39, 0.29) is 25.4 Å². The third-order valence-electron chi connectivity index (χ3n) is 2.96. The highest BCUT2D eigenvalue weighted by molar-refractivity contribution is 5.89. The molecule has 0 heterocycles. The second-order valence-corrected chi connectivity index (χ2v) is 5.52. The van der Waals surface area contributed by atoms with Crippen molar-refractivity contribution in [3.8, 4) is 0 Å². The molecule has 0 saturated heterocycles. The number of hydrogen-bond donors (Lipinski definition) is 3. The molecule has 4 N–H and O–H groups in total. The number of rotatable bonds is 9. The van der Waals surface area contributed by atoms with Gasteiger partial charge in [0.05, 0.1) is 13.0 Å². The van der Waals surface area contributed by atoms with Crippen LogP contribution in [0.3, 0.4) is 0 Å². The monoisotopic (exact) mass is 302 g/mol. The molecule has 2 amide bonds. The van der Waals surface area contributed by atoms with Crippen LogP contribution in [0.25, 0.3) is 0 Å². The topological polar surface area (TPSA) is 119 Å². The quantitative estimate of drug-likeness (QED) is 0.516. The molecule has 0 radical (unpaired) electrons. The van der Waals surface area contributed by atoms with E-state index >= 15 is 0 Å². The van der Waals surface area contributed by atoms with Gasteiger partial charge in [-0.1, -0.05) is 20.8 Å². The van der Waals surface area contributed by atoms with Gasteiger partial charge in [0.1, 0.15) is 12.1 Å². The molecule has 0 aliphatic heterocycles. The fourth-order valence-electron chi connectivity index (χ4n) is 1.90. The van der Waals surface area contributed by atoms with E-state index in [0.717, 1.165) is 0 Å². The Hall–Kier alpha value is -1.63. The fraction of sp³-hybridized carbons (Fsp3) is 0.786. The van der Waals surface area contributed by atoms with Crippen molar-refractivity contribution < 1.29 is 24.2 Å². The maximum absolute atomic E-state index is 11.8. The van der Waals surface area contributed by atoms with Crippen LogP contribution in [0, 0.1) is 11.8 Å². The molecule has 0 fully saturated rings. The van der Waals surface area contributed by atoms with Gasteiger partial charge in [-0.15, -0.1) is 0 Å². The second-order valence-electron chi connectivity index (χ2n) is 5.52. The van der Waals surface area contributed by atoms with Crippen molar-refractivity contribution in [1.29, 1.82) is 0 Å². The molecule has 0 spiro atoms. The summed E-state index contributed by atoms with van der Waals surface area (Å²) in [7, 11) is 0. The van der Waals surface area contributed by atoms with E-state index in [2.05, 4.69) is 5.32 Å². The molecule has 0 aromatic carbocycles. The van der Waals surface area contributed by atoms with Crippen molar-refractivity contribution in [1.82, 2.24) is 5.32 Å². The number of primary amides is 1. The zero-order valence-electron chi connectivity index (χ0n) is 13.1. The van der Waals surface area contributed by atoms with E-state index in [0.29, 0.717) is 0 Å². The Morgan fingerprint density at radius 3 is 2.24 bits per heavy atom. The SMILES string of the molecule is CCOC(=O)C[C@H](C)[C@H](NC(=O)[C@H](O)CC(C)C)C(N)=O. The summed E-state index contributed by atoms with van der Waals surface area (Å²) in [5.74, 6) is -2.26. The van der Waals surface area contributed by atoms with Crippen molar-refractivity contribution >= 4 is 17.8 Å². The first-order valence-electron chi connectivity index (χ1n) is 7.12. The summed E-state index contributed by atoms with van der Waals surface area (Å²) in [5.41, 5.74) is 5.25. The van der Waals surface area contributed by atoms with Crippen molar-refractivity contribution in [3.05, 3.63) is 0 Å². The Bertz CT molecular complexity index is 370. The van der Waals surface area contributed by atoms with Crippen LogP contribution in [0.15, 0.2) is 0 Å². The number of nitrogens with two attached hydrogens (primary N) is 1. The first-order chi connectivity index (χ1) is 9.68. The Morgan fingerprint density at radius 2 is 1.81 bits per heavy atom. The molecule has 0 aromatic heterocycles. The van der Waals surface area contributed by atoms with Crippen LogP contribution < -0.4 is 11.1 Å². The number of ether oxygens (including phenoxy) is 1. The number of carbonyl (C=O) groups is 3. The fourth-order valence-corrected chi connectivity index (χ4v) is 1.90. The predicted octanol–water partition coefficient (Wildman–Crippen LogP) is -0.0472. The number of amides is 2. The summed E-state index contributed by atoms with van der Waals surface area (Å²) in [6, 6.07) is -1.02. The molecule has 0 aliphatic carbocycles. The molecule has 0 unspecified atom stereocenters.